The van der Waals surface area contributed by atoms with Gasteiger partial charge in [-0.3, -0.25) is 4.68 Å². The Morgan fingerprint density at radius 2 is 1.95 bits per heavy atom. The number of rotatable bonds is 7. The van der Waals surface area contributed by atoms with Gasteiger partial charge in [0.05, 0.1) is 12.2 Å². The molecule has 2 heterocycles. The summed E-state index contributed by atoms with van der Waals surface area (Å²) >= 11 is 1.89. The molecule has 0 fully saturated rings. The molecule has 116 valence electrons. The van der Waals surface area contributed by atoms with Crippen LogP contribution in [0, 0.1) is 19.8 Å². The molecule has 2 rings (SSSR count). The van der Waals surface area contributed by atoms with Crippen molar-refractivity contribution < 1.29 is 0 Å². The van der Waals surface area contributed by atoms with Gasteiger partial charge in [0.25, 0.3) is 0 Å². The van der Waals surface area contributed by atoms with Crippen LogP contribution in [0.1, 0.15) is 47.5 Å². The normalized spacial score (nSPS) is 11.5. The molecule has 2 aromatic rings. The molecule has 2 aromatic heterocycles. The van der Waals surface area contributed by atoms with E-state index in [1.165, 1.54) is 26.7 Å². The molecule has 0 aliphatic carbocycles. The summed E-state index contributed by atoms with van der Waals surface area (Å²) in [5.74, 6) is 0.701. The molecule has 0 amide bonds. The van der Waals surface area contributed by atoms with E-state index in [9.17, 15) is 0 Å². The summed E-state index contributed by atoms with van der Waals surface area (Å²) in [7, 11) is 0. The first-order chi connectivity index (χ1) is 10.0. The molecule has 0 unspecified atom stereocenters. The highest BCUT2D eigenvalue weighted by Crippen LogP contribution is 2.20. The minimum absolute atomic E-state index is 0.701. The van der Waals surface area contributed by atoms with E-state index in [4.69, 9.17) is 0 Å². The molecule has 0 saturated heterocycles. The number of hydrogen-bond acceptors (Lipinski definition) is 3. The Kier molecular flexibility index (Phi) is 5.59. The van der Waals surface area contributed by atoms with Crippen molar-refractivity contribution in [1.29, 1.82) is 0 Å². The van der Waals surface area contributed by atoms with Crippen LogP contribution in [-0.2, 0) is 19.5 Å². The van der Waals surface area contributed by atoms with E-state index in [0.717, 1.165) is 26.1 Å². The van der Waals surface area contributed by atoms with Crippen LogP contribution in [0.25, 0.3) is 0 Å². The summed E-state index contributed by atoms with van der Waals surface area (Å²) < 4.78 is 2.14. The summed E-state index contributed by atoms with van der Waals surface area (Å²) in [6.45, 7) is 13.9. The summed E-state index contributed by atoms with van der Waals surface area (Å²) in [5.41, 5.74) is 3.87. The highest BCUT2D eigenvalue weighted by molar-refractivity contribution is 7.11. The van der Waals surface area contributed by atoms with Crippen LogP contribution in [0.15, 0.2) is 12.1 Å². The summed E-state index contributed by atoms with van der Waals surface area (Å²) in [6, 6.07) is 4.47. The average Bonchev–Trinajstić information content (AvgIpc) is 2.95. The molecule has 0 aliphatic rings. The maximum absolute atomic E-state index is 4.68. The molecule has 21 heavy (non-hydrogen) atoms. The Morgan fingerprint density at radius 3 is 2.57 bits per heavy atom. The van der Waals surface area contributed by atoms with Crippen molar-refractivity contribution in [3.8, 4) is 0 Å². The van der Waals surface area contributed by atoms with E-state index in [2.05, 4.69) is 61.8 Å². The fourth-order valence-electron chi connectivity index (χ4n) is 2.63. The third kappa shape index (κ3) is 4.17. The van der Waals surface area contributed by atoms with Crippen molar-refractivity contribution in [3.05, 3.63) is 38.8 Å². The summed E-state index contributed by atoms with van der Waals surface area (Å²) in [6.07, 6.45) is 1.06. The number of nitrogens with one attached hydrogen (secondary N) is 1. The zero-order chi connectivity index (χ0) is 15.4. The van der Waals surface area contributed by atoms with E-state index in [0.29, 0.717) is 5.92 Å². The summed E-state index contributed by atoms with van der Waals surface area (Å²) in [5, 5.41) is 8.18. The van der Waals surface area contributed by atoms with Gasteiger partial charge >= 0.3 is 0 Å². The molecule has 0 radical (unpaired) electrons. The number of hydrogen-bond donors (Lipinski definition) is 1. The van der Waals surface area contributed by atoms with Crippen molar-refractivity contribution in [2.45, 2.75) is 54.1 Å². The van der Waals surface area contributed by atoms with Crippen molar-refractivity contribution >= 4 is 11.3 Å². The second-order valence-electron chi connectivity index (χ2n) is 6.05. The Hall–Kier alpha value is -1.13. The molecule has 3 nitrogen and oxygen atoms in total. The third-order valence-electron chi connectivity index (χ3n) is 3.76. The number of aryl methyl sites for hydroxylation is 1. The third-order valence-corrected chi connectivity index (χ3v) is 4.83. The van der Waals surface area contributed by atoms with Gasteiger partial charge in [-0.05, 0) is 50.4 Å². The van der Waals surface area contributed by atoms with Crippen molar-refractivity contribution in [2.24, 2.45) is 5.92 Å². The zero-order valence-corrected chi connectivity index (χ0v) is 14.7. The molecule has 0 aliphatic heterocycles. The molecular formula is C17H27N3S. The Bertz CT molecular complexity index is 581. The van der Waals surface area contributed by atoms with Crippen LogP contribution in [0.2, 0.25) is 0 Å². The smallest absolute Gasteiger partial charge is 0.0755 e. The lowest BCUT2D eigenvalue weighted by Gasteiger charge is -2.05. The van der Waals surface area contributed by atoms with Gasteiger partial charge in [-0.25, -0.2) is 0 Å². The highest BCUT2D eigenvalue weighted by atomic mass is 32.1. The van der Waals surface area contributed by atoms with Crippen molar-refractivity contribution in [1.82, 2.24) is 15.1 Å². The van der Waals surface area contributed by atoms with Gasteiger partial charge in [0.1, 0.15) is 0 Å². The maximum atomic E-state index is 4.68. The molecule has 0 aromatic carbocycles. The predicted molar refractivity (Wildman–Crippen MR) is 91.0 cm³/mol. The first-order valence-electron chi connectivity index (χ1n) is 7.82. The molecule has 4 heteroatoms. The van der Waals surface area contributed by atoms with Crippen molar-refractivity contribution in [3.63, 3.8) is 0 Å². The lowest BCUT2D eigenvalue weighted by molar-refractivity contribution is 0.555. The van der Waals surface area contributed by atoms with Crippen LogP contribution in [0.5, 0.6) is 0 Å². The van der Waals surface area contributed by atoms with Gasteiger partial charge in [-0.15, -0.1) is 11.3 Å². The van der Waals surface area contributed by atoms with E-state index >= 15 is 0 Å². The quantitative estimate of drug-likeness (QED) is 0.840. The van der Waals surface area contributed by atoms with E-state index in [1.807, 2.05) is 11.3 Å². The molecule has 1 N–H and O–H groups in total. The Morgan fingerprint density at radius 1 is 1.24 bits per heavy atom. The Labute approximate surface area is 132 Å². The monoisotopic (exact) mass is 305 g/mol. The fourth-order valence-corrected chi connectivity index (χ4v) is 3.60. The minimum Gasteiger partial charge on any atom is -0.312 e. The van der Waals surface area contributed by atoms with E-state index < -0.39 is 0 Å². The highest BCUT2D eigenvalue weighted by Gasteiger charge is 2.10. The van der Waals surface area contributed by atoms with E-state index in [-0.39, 0.29) is 0 Å². The number of nitrogens with zero attached hydrogens (tertiary/aromatic N) is 2. The lowest BCUT2D eigenvalue weighted by Crippen LogP contribution is -2.18. The van der Waals surface area contributed by atoms with Gasteiger partial charge in [0, 0.05) is 22.0 Å². The number of aromatic nitrogens is 2. The van der Waals surface area contributed by atoms with Gasteiger partial charge in [-0.2, -0.15) is 5.10 Å². The second-order valence-corrected chi connectivity index (χ2v) is 7.31. The number of thiophene rings is 1. The molecule has 0 bridgehead atoms. The van der Waals surface area contributed by atoms with Crippen LogP contribution in [0.4, 0.5) is 0 Å². The maximum Gasteiger partial charge on any atom is 0.0755 e. The standard InChI is InChI=1S/C17H27N3S/c1-6-17-13(4)19-20(14(17)5)11-16-8-7-15(21-16)10-18-9-12(2)3/h7-8,12,18H,6,9-11H2,1-5H3. The fraction of sp³-hybridized carbons (Fsp3) is 0.588. The van der Waals surface area contributed by atoms with Gasteiger partial charge in [0.2, 0.25) is 0 Å². The molecular weight excluding hydrogens is 278 g/mol. The Balaban J connectivity index is 1.99. The first kappa shape index (κ1) is 16.2. The topological polar surface area (TPSA) is 29.9 Å². The molecule has 0 saturated carbocycles. The van der Waals surface area contributed by atoms with E-state index in [1.54, 1.807) is 0 Å². The largest absolute Gasteiger partial charge is 0.312 e. The molecule has 0 spiro atoms. The van der Waals surface area contributed by atoms with Crippen LogP contribution in [-0.4, -0.2) is 16.3 Å². The predicted octanol–water partition coefficient (Wildman–Crippen LogP) is 3.92. The van der Waals surface area contributed by atoms with Crippen molar-refractivity contribution in [2.75, 3.05) is 6.54 Å². The van der Waals surface area contributed by atoms with Crippen LogP contribution in [0.3, 0.4) is 0 Å². The first-order valence-corrected chi connectivity index (χ1v) is 8.64. The van der Waals surface area contributed by atoms with Gasteiger partial charge < -0.3 is 5.32 Å². The van der Waals surface area contributed by atoms with Crippen LogP contribution < -0.4 is 5.32 Å². The minimum atomic E-state index is 0.701. The van der Waals surface area contributed by atoms with Crippen LogP contribution >= 0.6 is 11.3 Å². The van der Waals surface area contributed by atoms with Gasteiger partial charge in [-0.1, -0.05) is 20.8 Å². The summed E-state index contributed by atoms with van der Waals surface area (Å²) in [4.78, 5) is 2.78. The lowest BCUT2D eigenvalue weighted by atomic mass is 10.1. The molecule has 0 atom stereocenters. The van der Waals surface area contributed by atoms with Gasteiger partial charge in [0.15, 0.2) is 0 Å². The average molecular weight is 305 g/mol. The SMILES string of the molecule is CCc1c(C)nn(Cc2ccc(CNCC(C)C)s2)c1C. The second kappa shape index (κ2) is 7.23. The zero-order valence-electron chi connectivity index (χ0n) is 13.9.